The number of carbonyl (C=O) groups excluding carboxylic acids is 1. The van der Waals surface area contributed by atoms with Gasteiger partial charge < -0.3 is 20.5 Å². The second kappa shape index (κ2) is 8.07. The third kappa shape index (κ3) is 3.90. The van der Waals surface area contributed by atoms with E-state index in [4.69, 9.17) is 26.8 Å². The molecule has 2 heterocycles. The lowest BCUT2D eigenvalue weighted by atomic mass is 9.81. The fourth-order valence-electron chi connectivity index (χ4n) is 3.02. The summed E-state index contributed by atoms with van der Waals surface area (Å²) < 4.78 is 25.2. The lowest BCUT2D eigenvalue weighted by Crippen LogP contribution is -2.35. The number of aliphatic imine (C=N–C) groups is 1. The Hall–Kier alpha value is -2.78. The van der Waals surface area contributed by atoms with Gasteiger partial charge in [0.15, 0.2) is 0 Å². The number of carbonyl (C=O) groups is 1. The van der Waals surface area contributed by atoms with Crippen LogP contribution in [0.25, 0.3) is 0 Å². The lowest BCUT2D eigenvalue weighted by Gasteiger charge is -2.29. The molecule has 3 rings (SSSR count). The van der Waals surface area contributed by atoms with Crippen LogP contribution < -0.4 is 11.1 Å². The van der Waals surface area contributed by atoms with Crippen LogP contribution in [0.3, 0.4) is 0 Å². The van der Waals surface area contributed by atoms with Crippen LogP contribution in [0.5, 0.6) is 0 Å². The molecule has 8 nitrogen and oxygen atoms in total. The largest absolute Gasteiger partial charge is 0.469 e. The molecule has 1 aromatic carbocycles. The summed E-state index contributed by atoms with van der Waals surface area (Å²) >= 11 is 5.68. The van der Waals surface area contributed by atoms with Crippen molar-refractivity contribution in [3.63, 3.8) is 0 Å². The van der Waals surface area contributed by atoms with E-state index in [2.05, 4.69) is 20.3 Å². The highest BCUT2D eigenvalue weighted by Crippen LogP contribution is 2.41. The summed E-state index contributed by atoms with van der Waals surface area (Å²) in [7, 11) is 1.38. The number of nitrogens with zero attached hydrogens (tertiary/aromatic N) is 3. The molecular formula is C18H19ClFN5O3. The molecule has 1 saturated heterocycles. The van der Waals surface area contributed by atoms with Crippen molar-refractivity contribution in [2.45, 2.75) is 12.5 Å². The van der Waals surface area contributed by atoms with Gasteiger partial charge in [-0.05, 0) is 18.2 Å². The highest BCUT2D eigenvalue weighted by molar-refractivity contribution is 6.29. The number of amides is 1. The zero-order valence-electron chi connectivity index (χ0n) is 15.3. The molecule has 2 aromatic rings. The topological polar surface area (TPSA) is 112 Å². The van der Waals surface area contributed by atoms with Crippen LogP contribution in [0.1, 0.15) is 23.0 Å². The van der Waals surface area contributed by atoms with Gasteiger partial charge in [0, 0.05) is 17.2 Å². The fraction of sp³-hybridized carbons (Fsp3) is 0.333. The van der Waals surface area contributed by atoms with Crippen molar-refractivity contribution in [3.05, 3.63) is 52.8 Å². The maximum Gasteiger partial charge on any atom is 0.282 e. The molecule has 0 bridgehead atoms. The summed E-state index contributed by atoms with van der Waals surface area (Å²) in [4.78, 5) is 24.5. The van der Waals surface area contributed by atoms with Crippen LogP contribution in [0.2, 0.25) is 5.15 Å². The maximum absolute atomic E-state index is 14.7. The highest BCUT2D eigenvalue weighted by atomic mass is 35.5. The van der Waals surface area contributed by atoms with Gasteiger partial charge in [-0.3, -0.25) is 4.79 Å². The molecule has 0 aliphatic carbocycles. The van der Waals surface area contributed by atoms with Crippen molar-refractivity contribution in [1.82, 2.24) is 9.97 Å². The smallest absolute Gasteiger partial charge is 0.282 e. The normalized spacial score (nSPS) is 22.1. The van der Waals surface area contributed by atoms with E-state index in [9.17, 15) is 9.18 Å². The zero-order chi connectivity index (χ0) is 20.3. The van der Waals surface area contributed by atoms with E-state index in [1.165, 1.54) is 37.7 Å². The predicted molar refractivity (Wildman–Crippen MR) is 102 cm³/mol. The first-order valence-corrected chi connectivity index (χ1v) is 8.79. The molecule has 148 valence electrons. The second-order valence-electron chi connectivity index (χ2n) is 6.37. The maximum atomic E-state index is 14.7. The minimum Gasteiger partial charge on any atom is -0.469 e. The molecule has 10 heteroatoms. The first-order chi connectivity index (χ1) is 13.4. The monoisotopic (exact) mass is 407 g/mol. The van der Waals surface area contributed by atoms with Gasteiger partial charge in [0.25, 0.3) is 11.9 Å². The molecule has 1 aliphatic rings. The quantitative estimate of drug-likeness (QED) is 0.594. The average molecular weight is 408 g/mol. The van der Waals surface area contributed by atoms with E-state index in [1.807, 2.05) is 6.92 Å². The molecule has 0 radical (unpaired) electrons. The fourth-order valence-corrected chi connectivity index (χ4v) is 3.12. The van der Waals surface area contributed by atoms with Crippen LogP contribution in [0, 0.1) is 11.7 Å². The molecule has 3 N–H and O–H groups in total. The summed E-state index contributed by atoms with van der Waals surface area (Å²) in [6.07, 6.45) is 2.52. The van der Waals surface area contributed by atoms with Crippen LogP contribution >= 0.6 is 11.6 Å². The summed E-state index contributed by atoms with van der Waals surface area (Å²) in [6.45, 7) is 2.40. The van der Waals surface area contributed by atoms with Crippen molar-refractivity contribution in [1.29, 1.82) is 0 Å². The van der Waals surface area contributed by atoms with Crippen molar-refractivity contribution < 1.29 is 18.7 Å². The van der Waals surface area contributed by atoms with Gasteiger partial charge >= 0.3 is 0 Å². The Balaban J connectivity index is 1.96. The summed E-state index contributed by atoms with van der Waals surface area (Å²) in [5.74, 6) is -1.16. The summed E-state index contributed by atoms with van der Waals surface area (Å²) in [5.41, 5.74) is 5.37. The first kappa shape index (κ1) is 20.0. The molecule has 1 aromatic heterocycles. The Kier molecular flexibility index (Phi) is 5.76. The minimum absolute atomic E-state index is 0.0733. The predicted octanol–water partition coefficient (Wildman–Crippen LogP) is 2.34. The number of aromatic nitrogens is 2. The van der Waals surface area contributed by atoms with Crippen LogP contribution in [0.4, 0.5) is 10.1 Å². The van der Waals surface area contributed by atoms with E-state index in [0.29, 0.717) is 12.3 Å². The Morgan fingerprint density at radius 2 is 2.25 bits per heavy atom. The van der Waals surface area contributed by atoms with Crippen LogP contribution in [-0.2, 0) is 15.0 Å². The van der Waals surface area contributed by atoms with Gasteiger partial charge in [-0.25, -0.2) is 19.4 Å². The summed E-state index contributed by atoms with van der Waals surface area (Å²) in [5, 5.41) is 2.84. The van der Waals surface area contributed by atoms with Gasteiger partial charge in [0.1, 0.15) is 22.2 Å². The molecule has 2 unspecified atom stereocenters. The number of ether oxygens (including phenoxy) is 2. The number of rotatable bonds is 4. The Morgan fingerprint density at radius 3 is 2.86 bits per heavy atom. The standard InChI is InChI=1S/C18H19ClFN5O3/c1-10-8-28-9-18(10,25-17(21)27-2)12-5-11(3-4-13(12)20)24-16(26)14-6-23-15(19)7-22-14/h3-7,10H,8-9H2,1-2H3,(H2,21,25)(H,24,26). The zero-order valence-corrected chi connectivity index (χ0v) is 16.0. The molecular weight excluding hydrogens is 389 g/mol. The Labute approximate surface area is 165 Å². The number of hydrogen-bond acceptors (Lipinski definition) is 6. The second-order valence-corrected chi connectivity index (χ2v) is 6.75. The van der Waals surface area contributed by atoms with Crippen LogP contribution in [0.15, 0.2) is 35.6 Å². The number of nitrogens with one attached hydrogen (secondary N) is 1. The van der Waals surface area contributed by atoms with E-state index >= 15 is 0 Å². The van der Waals surface area contributed by atoms with E-state index < -0.39 is 17.3 Å². The molecule has 0 spiro atoms. The number of hydrogen-bond donors (Lipinski definition) is 2. The number of nitrogens with two attached hydrogens (primary N) is 1. The molecule has 28 heavy (non-hydrogen) atoms. The van der Waals surface area contributed by atoms with E-state index in [-0.39, 0.29) is 35.0 Å². The average Bonchev–Trinajstić information content (AvgIpc) is 3.04. The molecule has 1 fully saturated rings. The Bertz CT molecular complexity index is 909. The molecule has 2 atom stereocenters. The number of halogens is 2. The number of methoxy groups -OCH3 is 1. The van der Waals surface area contributed by atoms with E-state index in [0.717, 1.165) is 0 Å². The first-order valence-electron chi connectivity index (χ1n) is 8.41. The van der Waals surface area contributed by atoms with Crippen molar-refractivity contribution in [2.75, 3.05) is 25.6 Å². The summed E-state index contributed by atoms with van der Waals surface area (Å²) in [6, 6.07) is 4.12. The van der Waals surface area contributed by atoms with Crippen molar-refractivity contribution >= 4 is 29.2 Å². The number of anilines is 1. The van der Waals surface area contributed by atoms with Gasteiger partial charge in [-0.15, -0.1) is 0 Å². The minimum atomic E-state index is -1.06. The van der Waals surface area contributed by atoms with E-state index in [1.54, 1.807) is 0 Å². The lowest BCUT2D eigenvalue weighted by molar-refractivity contribution is 0.102. The van der Waals surface area contributed by atoms with Gasteiger partial charge in [0.05, 0.1) is 32.7 Å². The highest BCUT2D eigenvalue weighted by Gasteiger charge is 2.45. The Morgan fingerprint density at radius 1 is 1.46 bits per heavy atom. The van der Waals surface area contributed by atoms with Crippen molar-refractivity contribution in [3.8, 4) is 0 Å². The van der Waals surface area contributed by atoms with Crippen molar-refractivity contribution in [2.24, 2.45) is 16.6 Å². The van der Waals surface area contributed by atoms with Crippen LogP contribution in [-0.4, -0.2) is 42.2 Å². The SMILES string of the molecule is COC(N)=NC1(c2cc(NC(=O)c3cnc(Cl)cn3)ccc2F)COCC1C. The third-order valence-electron chi connectivity index (χ3n) is 4.57. The number of benzene rings is 1. The third-order valence-corrected chi connectivity index (χ3v) is 4.76. The molecule has 1 amide bonds. The molecule has 1 aliphatic heterocycles. The number of amidine groups is 1. The van der Waals surface area contributed by atoms with Gasteiger partial charge in [-0.1, -0.05) is 18.5 Å². The molecule has 0 saturated carbocycles. The van der Waals surface area contributed by atoms with Gasteiger partial charge in [-0.2, -0.15) is 0 Å². The van der Waals surface area contributed by atoms with Gasteiger partial charge in [0.2, 0.25) is 0 Å².